The van der Waals surface area contributed by atoms with Crippen LogP contribution in [0.1, 0.15) is 194 Å². The number of hydrogen-bond acceptors (Lipinski definition) is 19. The van der Waals surface area contributed by atoms with Crippen molar-refractivity contribution in [3.8, 4) is 0 Å². The Hall–Kier alpha value is -2.47. The number of aliphatic carboxylic acids is 3. The van der Waals surface area contributed by atoms with Crippen molar-refractivity contribution in [3.05, 3.63) is 24.3 Å². The van der Waals surface area contributed by atoms with Gasteiger partial charge in [-0.2, -0.15) is 0 Å². The monoisotopic (exact) mass is 1300 g/mol. The molecule has 0 aromatic heterocycles. The van der Waals surface area contributed by atoms with Gasteiger partial charge in [0.05, 0.1) is 37.7 Å². The molecular weight excluding hydrogens is 1200 g/mol. The number of esters is 2. The zero-order valence-corrected chi connectivity index (χ0v) is 52.4. The molecule has 1 amide bonds. The minimum atomic E-state index is -5.02. The molecular formula is C57H104GdN6O15P. The predicted octanol–water partition coefficient (Wildman–Crippen LogP) is 4.98. The van der Waals surface area contributed by atoms with Crippen LogP contribution in [0, 0.1) is 39.9 Å². The number of carboxylic acid groups (broad SMARTS) is 3. The quantitative estimate of drug-likeness (QED) is 0.0351. The molecule has 1 radical (unpaired) electrons. The number of carbonyl (C=O) groups is 6. The number of allylic oxidation sites excluding steroid dienone is 4. The van der Waals surface area contributed by atoms with Gasteiger partial charge in [0.2, 0.25) is 5.91 Å². The largest absolute Gasteiger partial charge is 3.00 e. The van der Waals surface area contributed by atoms with E-state index in [0.717, 1.165) is 77.0 Å². The smallest absolute Gasteiger partial charge is 0.756 e. The van der Waals surface area contributed by atoms with E-state index >= 15 is 0 Å². The van der Waals surface area contributed by atoms with Crippen molar-refractivity contribution in [3.63, 3.8) is 0 Å². The fourth-order valence-electron chi connectivity index (χ4n) is 8.88. The molecule has 23 heteroatoms. The number of nitrogens with zero attached hydrogens (tertiary/aromatic N) is 4. The van der Waals surface area contributed by atoms with Gasteiger partial charge in [-0.25, -0.2) is 0 Å². The Morgan fingerprint density at radius 1 is 0.487 bits per heavy atom. The van der Waals surface area contributed by atoms with Crippen LogP contribution in [0.2, 0.25) is 0 Å². The molecule has 1 heterocycles. The average Bonchev–Trinajstić information content (AvgIpc) is 3.38. The third kappa shape index (κ3) is 51.2. The molecule has 0 bridgehead atoms. The van der Waals surface area contributed by atoms with Crippen molar-refractivity contribution >= 4 is 43.6 Å². The summed E-state index contributed by atoms with van der Waals surface area (Å²) in [4.78, 5) is 92.2. The molecule has 2 atom stereocenters. The summed E-state index contributed by atoms with van der Waals surface area (Å²) in [7, 11) is -5.02. The molecule has 0 spiro atoms. The van der Waals surface area contributed by atoms with Crippen LogP contribution in [0.4, 0.5) is 0 Å². The molecule has 1 rings (SSSR count). The molecule has 1 saturated heterocycles. The van der Waals surface area contributed by atoms with Crippen LogP contribution < -0.4 is 31.7 Å². The Kier molecular flexibility index (Phi) is 54.2. The number of carbonyl (C=O) groups excluding carboxylic acids is 6. The maximum absolute atomic E-state index is 13.1. The summed E-state index contributed by atoms with van der Waals surface area (Å²) in [6.07, 6.45) is 37.0. The number of phosphoric ester groups is 1. The molecule has 80 heavy (non-hydrogen) atoms. The fourth-order valence-corrected chi connectivity index (χ4v) is 9.61. The van der Waals surface area contributed by atoms with Crippen molar-refractivity contribution in [2.24, 2.45) is 0 Å². The van der Waals surface area contributed by atoms with Crippen LogP contribution in [0.25, 0.3) is 0 Å². The fraction of sp³-hybridized carbons (Fsp3) is 0.825. The van der Waals surface area contributed by atoms with Crippen LogP contribution in [0.15, 0.2) is 24.3 Å². The first-order valence-corrected chi connectivity index (χ1v) is 31.1. The van der Waals surface area contributed by atoms with Crippen LogP contribution in [0.5, 0.6) is 0 Å². The SMILES string of the molecule is CCCCCCCC/C=C\CCCCCCCC(=O)OC[C@H](COP(=O)([O-])OCCNC(=O)CN1CCN(CC(=O)[O-])CCN(CC(=O)[O-])CCN(CC(=O)[O-])CC1)OC(=O)CCCCCCC/C=C\CCCCCCCC.[Gd+3].[NH4+]. The summed E-state index contributed by atoms with van der Waals surface area (Å²) >= 11 is 0. The molecule has 0 aliphatic carbocycles. The van der Waals surface area contributed by atoms with Crippen LogP contribution in [0.3, 0.4) is 0 Å². The Balaban J connectivity index is 0. The summed E-state index contributed by atoms with van der Waals surface area (Å²) in [6.45, 7) is 2.22. The van der Waals surface area contributed by atoms with Crippen molar-refractivity contribution < 1.29 is 112 Å². The molecule has 465 valence electrons. The second-order valence-corrected chi connectivity index (χ2v) is 22.0. The number of amides is 1. The topological polar surface area (TPSA) is 310 Å². The van der Waals surface area contributed by atoms with Gasteiger partial charge in [0.15, 0.2) is 6.10 Å². The number of ether oxygens (including phenoxy) is 2. The van der Waals surface area contributed by atoms with Crippen LogP contribution >= 0.6 is 7.82 Å². The zero-order chi connectivity index (χ0) is 57.3. The van der Waals surface area contributed by atoms with Crippen molar-refractivity contribution in [1.82, 2.24) is 31.1 Å². The molecule has 5 N–H and O–H groups in total. The van der Waals surface area contributed by atoms with E-state index in [1.807, 2.05) is 0 Å². The van der Waals surface area contributed by atoms with Crippen molar-refractivity contribution in [1.29, 1.82) is 0 Å². The first-order valence-electron chi connectivity index (χ1n) is 29.6. The van der Waals surface area contributed by atoms with Gasteiger partial charge < -0.3 is 64.6 Å². The summed E-state index contributed by atoms with van der Waals surface area (Å²) in [5.41, 5.74) is 0. The number of quaternary nitrogens is 1. The van der Waals surface area contributed by atoms with Crippen molar-refractivity contribution in [2.75, 3.05) is 105 Å². The molecule has 1 aliphatic heterocycles. The third-order valence-electron chi connectivity index (χ3n) is 13.5. The van der Waals surface area contributed by atoms with Gasteiger partial charge >= 0.3 is 51.9 Å². The maximum Gasteiger partial charge on any atom is 3.00 e. The molecule has 0 aromatic rings. The van der Waals surface area contributed by atoms with E-state index in [1.165, 1.54) is 81.9 Å². The van der Waals surface area contributed by atoms with Gasteiger partial charge in [-0.1, -0.05) is 141 Å². The predicted molar refractivity (Wildman–Crippen MR) is 299 cm³/mol. The standard InChI is InChI=1S/C57H104N5O15P.Gd.H3N/c1-3-5-7-9-11-13-15-17-19-21-23-25-27-29-31-33-56(70)74-49-51(77-57(71)34-32-30-28-26-24-22-20-18-16-14-12-10-8-6-4-2)50-76-78(72,73)75-44-35-58-52(63)45-59-36-38-60(46-53(64)65)40-42-62(48-55(68)69)43-41-61(39-37-59)47-54(66)67;;/h17-20,51H,3-16,21-50H2,1-2H3,(H,58,63)(H,64,65)(H,66,67)(H,68,69)(H,72,73);;1H3/q;+3;/p-3/b19-17-,20-18-;;/t51-;;/m1../s1. The second-order valence-electron chi connectivity index (χ2n) is 20.6. The maximum atomic E-state index is 13.1. The third-order valence-corrected chi connectivity index (χ3v) is 14.4. The number of unbranched alkanes of at least 4 members (excludes halogenated alkanes) is 22. The first-order chi connectivity index (χ1) is 37.6. The van der Waals surface area contributed by atoms with Crippen LogP contribution in [-0.2, 0) is 51.9 Å². The Labute approximate surface area is 512 Å². The van der Waals surface area contributed by atoms with E-state index in [1.54, 1.807) is 14.7 Å². The normalized spacial score (nSPS) is 15.5. The summed E-state index contributed by atoms with van der Waals surface area (Å²) in [5, 5.41) is 36.9. The summed E-state index contributed by atoms with van der Waals surface area (Å²) < 4.78 is 33.9. The van der Waals surface area contributed by atoms with Crippen LogP contribution in [-0.4, -0.2) is 166 Å². The van der Waals surface area contributed by atoms with E-state index in [9.17, 15) is 53.5 Å². The minimum Gasteiger partial charge on any atom is -0.756 e. The van der Waals surface area contributed by atoms with Crippen molar-refractivity contribution in [2.45, 2.75) is 200 Å². The van der Waals surface area contributed by atoms with Gasteiger partial charge in [0.25, 0.3) is 7.82 Å². The minimum absolute atomic E-state index is 0. The summed E-state index contributed by atoms with van der Waals surface area (Å²) in [6, 6.07) is 0. The van der Waals surface area contributed by atoms with E-state index in [4.69, 9.17) is 18.5 Å². The van der Waals surface area contributed by atoms with E-state index in [0.29, 0.717) is 12.8 Å². The van der Waals surface area contributed by atoms with Gasteiger partial charge in [-0.05, 0) is 64.2 Å². The number of nitrogens with one attached hydrogen (secondary N) is 1. The van der Waals surface area contributed by atoms with Gasteiger partial charge in [0, 0.05) is 91.4 Å². The Morgan fingerprint density at radius 2 is 0.825 bits per heavy atom. The Bertz CT molecular complexity index is 1690. The number of phosphoric acid groups is 1. The van der Waals surface area contributed by atoms with Gasteiger partial charge in [-0.3, -0.25) is 38.5 Å². The number of rotatable bonds is 48. The number of carboxylic acids is 3. The van der Waals surface area contributed by atoms with E-state index in [2.05, 4.69) is 43.5 Å². The molecule has 0 saturated carbocycles. The summed E-state index contributed by atoms with van der Waals surface area (Å²) in [5.74, 6) is -5.64. The number of hydrogen-bond donors (Lipinski definition) is 2. The van der Waals surface area contributed by atoms with E-state index in [-0.39, 0.29) is 124 Å². The average molecular weight is 1300 g/mol. The zero-order valence-electron chi connectivity index (χ0n) is 49.2. The molecule has 1 aliphatic rings. The molecule has 1 fully saturated rings. The second kappa shape index (κ2) is 54.5. The molecule has 1 unspecified atom stereocenters. The molecule has 21 nitrogen and oxygen atoms in total. The van der Waals surface area contributed by atoms with E-state index < -0.39 is 89.1 Å². The van der Waals surface area contributed by atoms with Gasteiger partial charge in [-0.15, -0.1) is 0 Å². The molecule has 0 aromatic carbocycles. The first kappa shape index (κ1) is 79.6. The Morgan fingerprint density at radius 3 is 1.20 bits per heavy atom. The van der Waals surface area contributed by atoms with Gasteiger partial charge in [0.1, 0.15) is 6.61 Å².